The maximum absolute atomic E-state index is 12.5. The molecular weight excluding hydrogens is 280 g/mol. The van der Waals surface area contributed by atoms with Crippen LogP contribution in [0.2, 0.25) is 0 Å². The maximum Gasteiger partial charge on any atom is 0.139 e. The third-order valence-electron chi connectivity index (χ3n) is 9.18. The molecule has 4 aliphatic carbocycles. The molecule has 4 fully saturated rings. The van der Waals surface area contributed by atoms with Crippen molar-refractivity contribution in [3.8, 4) is 0 Å². The van der Waals surface area contributed by atoms with Gasteiger partial charge in [0.25, 0.3) is 0 Å². The van der Waals surface area contributed by atoms with Gasteiger partial charge in [0.1, 0.15) is 5.78 Å². The van der Waals surface area contributed by atoms with E-state index in [-0.39, 0.29) is 5.41 Å². The molecule has 3 unspecified atom stereocenters. The summed E-state index contributed by atoms with van der Waals surface area (Å²) in [5.41, 5.74) is 2.00. The van der Waals surface area contributed by atoms with Crippen LogP contribution in [0.3, 0.4) is 0 Å². The molecule has 0 aromatic rings. The smallest absolute Gasteiger partial charge is 0.139 e. The predicted molar refractivity (Wildman–Crippen MR) is 95.0 cm³/mol. The van der Waals surface area contributed by atoms with E-state index < -0.39 is 0 Å². The summed E-state index contributed by atoms with van der Waals surface area (Å²) < 4.78 is 0. The fraction of sp³-hybridized carbons (Fsp3) is 0.864. The molecule has 23 heavy (non-hydrogen) atoms. The number of fused-ring (bicyclic) bond motifs is 5. The van der Waals surface area contributed by atoms with Gasteiger partial charge in [-0.15, -0.1) is 0 Å². The van der Waals surface area contributed by atoms with Gasteiger partial charge in [-0.2, -0.15) is 0 Å². The Kier molecular flexibility index (Phi) is 3.43. The molecule has 0 aromatic heterocycles. The third-order valence-corrected chi connectivity index (χ3v) is 9.18. The van der Waals surface area contributed by atoms with Gasteiger partial charge in [0.05, 0.1) is 0 Å². The molecular formula is C22H34O. The zero-order valence-corrected chi connectivity index (χ0v) is 15.5. The van der Waals surface area contributed by atoms with Crippen LogP contribution in [-0.4, -0.2) is 5.78 Å². The monoisotopic (exact) mass is 314 g/mol. The fourth-order valence-electron chi connectivity index (χ4n) is 8.01. The van der Waals surface area contributed by atoms with Crippen LogP contribution < -0.4 is 0 Å². The molecule has 0 radical (unpaired) electrons. The van der Waals surface area contributed by atoms with E-state index in [1.165, 1.54) is 37.7 Å². The first kappa shape index (κ1) is 15.9. The van der Waals surface area contributed by atoms with Crippen molar-refractivity contribution in [1.82, 2.24) is 0 Å². The Labute approximate surface area is 142 Å². The molecule has 0 aromatic carbocycles. The van der Waals surface area contributed by atoms with Crippen LogP contribution in [0.5, 0.6) is 0 Å². The molecule has 0 spiro atoms. The Morgan fingerprint density at radius 2 is 1.78 bits per heavy atom. The lowest BCUT2D eigenvalue weighted by Crippen LogP contribution is -2.56. The van der Waals surface area contributed by atoms with Crippen LogP contribution in [0.1, 0.15) is 72.6 Å². The van der Waals surface area contributed by atoms with Gasteiger partial charge in [-0.25, -0.2) is 0 Å². The van der Waals surface area contributed by atoms with Crippen LogP contribution in [0.4, 0.5) is 0 Å². The summed E-state index contributed by atoms with van der Waals surface area (Å²) >= 11 is 0. The Bertz CT molecular complexity index is 548. The molecule has 0 amide bonds. The average molecular weight is 315 g/mol. The summed E-state index contributed by atoms with van der Waals surface area (Å²) in [6.07, 6.45) is 8.40. The summed E-state index contributed by atoms with van der Waals surface area (Å²) in [6.45, 7) is 14.2. The Hall–Kier alpha value is -0.590. The van der Waals surface area contributed by atoms with Crippen LogP contribution >= 0.6 is 0 Å². The zero-order valence-electron chi connectivity index (χ0n) is 15.5. The van der Waals surface area contributed by atoms with E-state index in [2.05, 4.69) is 34.3 Å². The molecule has 1 nitrogen and oxygen atoms in total. The summed E-state index contributed by atoms with van der Waals surface area (Å²) in [4.78, 5) is 12.5. The second kappa shape index (κ2) is 4.96. The van der Waals surface area contributed by atoms with E-state index in [4.69, 9.17) is 0 Å². The van der Waals surface area contributed by atoms with Crippen molar-refractivity contribution in [2.45, 2.75) is 72.6 Å². The fourth-order valence-corrected chi connectivity index (χ4v) is 8.01. The molecule has 0 heterocycles. The molecule has 8 atom stereocenters. The molecule has 4 aliphatic rings. The average Bonchev–Trinajstić information content (AvgIpc) is 2.79. The molecule has 0 saturated heterocycles. The largest absolute Gasteiger partial charge is 0.299 e. The van der Waals surface area contributed by atoms with Crippen molar-refractivity contribution in [3.05, 3.63) is 12.2 Å². The van der Waals surface area contributed by atoms with Crippen LogP contribution in [0.15, 0.2) is 12.2 Å². The summed E-state index contributed by atoms with van der Waals surface area (Å²) in [7, 11) is 0. The molecule has 4 rings (SSSR count). The molecule has 4 saturated carbocycles. The number of carbonyl (C=O) groups is 1. The van der Waals surface area contributed by atoms with Gasteiger partial charge in [-0.1, -0.05) is 39.8 Å². The molecule has 1 heteroatoms. The van der Waals surface area contributed by atoms with Crippen molar-refractivity contribution in [2.24, 2.45) is 46.3 Å². The lowest BCUT2D eigenvalue weighted by molar-refractivity contribution is -0.147. The lowest BCUT2D eigenvalue weighted by atomic mass is 9.41. The van der Waals surface area contributed by atoms with Crippen LogP contribution in [0.25, 0.3) is 0 Å². The number of carbonyl (C=O) groups excluding carboxylic acids is 1. The summed E-state index contributed by atoms with van der Waals surface area (Å²) in [5, 5.41) is 0. The summed E-state index contributed by atoms with van der Waals surface area (Å²) in [6, 6.07) is 0. The standard InChI is InChI=1S/C22H34O/c1-13-8-10-22(5)18-9-11-21(4)17(6-7-19(21)23)16(18)12-14(2)20(22)15(13)3/h14-18,20H,1,6-12H2,2-5H3/t14?,15?,16-,17-,18-,20?,21-,22+/m0/s1. The second-order valence-corrected chi connectivity index (χ2v) is 9.99. The Balaban J connectivity index is 1.71. The van der Waals surface area contributed by atoms with Gasteiger partial charge >= 0.3 is 0 Å². The minimum absolute atomic E-state index is 0.0218. The first-order chi connectivity index (χ1) is 10.8. The maximum atomic E-state index is 12.5. The van der Waals surface area contributed by atoms with Crippen molar-refractivity contribution in [3.63, 3.8) is 0 Å². The van der Waals surface area contributed by atoms with Gasteiger partial charge in [0.15, 0.2) is 0 Å². The van der Waals surface area contributed by atoms with Crippen LogP contribution in [-0.2, 0) is 4.79 Å². The number of ketones is 1. The molecule has 128 valence electrons. The van der Waals surface area contributed by atoms with Crippen molar-refractivity contribution in [1.29, 1.82) is 0 Å². The SMILES string of the molecule is C=C1CC[C@@]2(C)C(C(C)C[C@@H]3[C@@H]2CC[C@]2(C)C(=O)CC[C@@H]32)C1C. The Morgan fingerprint density at radius 3 is 2.52 bits per heavy atom. The lowest BCUT2D eigenvalue weighted by Gasteiger charge is -2.63. The van der Waals surface area contributed by atoms with E-state index in [0.717, 1.165) is 36.5 Å². The Morgan fingerprint density at radius 1 is 1.04 bits per heavy atom. The number of allylic oxidation sites excluding steroid dienone is 1. The topological polar surface area (TPSA) is 17.1 Å². The quantitative estimate of drug-likeness (QED) is 0.528. The number of hydrogen-bond acceptors (Lipinski definition) is 1. The van der Waals surface area contributed by atoms with Crippen molar-refractivity contribution < 1.29 is 4.79 Å². The molecule has 0 N–H and O–H groups in total. The van der Waals surface area contributed by atoms with E-state index in [1.807, 2.05) is 0 Å². The van der Waals surface area contributed by atoms with E-state index in [1.54, 1.807) is 0 Å². The van der Waals surface area contributed by atoms with Gasteiger partial charge in [-0.3, -0.25) is 4.79 Å². The third kappa shape index (κ3) is 1.94. The molecule has 0 bridgehead atoms. The minimum Gasteiger partial charge on any atom is -0.299 e. The van der Waals surface area contributed by atoms with Crippen molar-refractivity contribution >= 4 is 5.78 Å². The predicted octanol–water partition coefficient (Wildman–Crippen LogP) is 5.65. The van der Waals surface area contributed by atoms with Gasteiger partial charge in [0, 0.05) is 11.8 Å². The molecule has 0 aliphatic heterocycles. The minimum atomic E-state index is 0.0218. The number of Topliss-reactive ketones (excluding diaryl/α,β-unsaturated/α-hetero) is 1. The highest BCUT2D eigenvalue weighted by molar-refractivity contribution is 5.87. The highest BCUT2D eigenvalue weighted by Crippen LogP contribution is 2.67. The first-order valence-electron chi connectivity index (χ1n) is 10.00. The zero-order chi connectivity index (χ0) is 16.6. The normalized spacial score (nSPS) is 56.0. The van der Waals surface area contributed by atoms with Gasteiger partial charge < -0.3 is 0 Å². The number of rotatable bonds is 0. The summed E-state index contributed by atoms with van der Waals surface area (Å²) in [5.74, 6) is 5.18. The van der Waals surface area contributed by atoms with Crippen molar-refractivity contribution in [2.75, 3.05) is 0 Å². The van der Waals surface area contributed by atoms with E-state index in [9.17, 15) is 4.79 Å². The van der Waals surface area contributed by atoms with Gasteiger partial charge in [0.2, 0.25) is 0 Å². The van der Waals surface area contributed by atoms with E-state index in [0.29, 0.717) is 23.0 Å². The second-order valence-electron chi connectivity index (χ2n) is 9.99. The van der Waals surface area contributed by atoms with Gasteiger partial charge in [-0.05, 0) is 79.4 Å². The highest BCUT2D eigenvalue weighted by Gasteiger charge is 2.62. The van der Waals surface area contributed by atoms with E-state index >= 15 is 0 Å². The van der Waals surface area contributed by atoms with Crippen LogP contribution in [0, 0.1) is 46.3 Å². The highest BCUT2D eigenvalue weighted by atomic mass is 16.1. The number of hydrogen-bond donors (Lipinski definition) is 0. The first-order valence-corrected chi connectivity index (χ1v) is 10.00.